The molecule has 0 aromatic rings. The van der Waals surface area contributed by atoms with Crippen LogP contribution in [0.5, 0.6) is 0 Å². The van der Waals surface area contributed by atoms with Gasteiger partial charge in [0.25, 0.3) is 0 Å². The quantitative estimate of drug-likeness (QED) is 0.284. The normalized spacial score (nSPS) is 4.14. The summed E-state index contributed by atoms with van der Waals surface area (Å²) < 4.78 is 0.194. The van der Waals surface area contributed by atoms with Gasteiger partial charge in [-0.2, -0.15) is 0 Å². The summed E-state index contributed by atoms with van der Waals surface area (Å²) in [6.07, 6.45) is 0. The standard InChI is InChI=1S/C2H4.CH3NS2.Pb.2H/c1-2;2-1(3)4;;;/h1-2H2;(H3,2,3,4);;;. The summed E-state index contributed by atoms with van der Waals surface area (Å²) in [5.74, 6) is 0. The molecule has 1 nitrogen and oxygen atoms in total. The molecule has 7 heavy (non-hydrogen) atoms. The first-order chi connectivity index (χ1) is 2.73. The van der Waals surface area contributed by atoms with E-state index in [-0.39, 0.29) is 31.6 Å². The number of hydrogen-bond acceptors (Lipinski definition) is 1. The van der Waals surface area contributed by atoms with Gasteiger partial charge < -0.3 is 5.73 Å². The van der Waals surface area contributed by atoms with Crippen molar-refractivity contribution in [1.82, 2.24) is 0 Å². The molecule has 2 radical (unpaired) electrons. The molecule has 0 atom stereocenters. The van der Waals surface area contributed by atoms with Gasteiger partial charge in [-0.1, -0.05) is 12.2 Å². The second-order valence-corrected chi connectivity index (χ2v) is 1.56. The molecular formula is C3H9NPbS2. The van der Waals surface area contributed by atoms with E-state index in [9.17, 15) is 0 Å². The van der Waals surface area contributed by atoms with E-state index in [1.165, 1.54) is 0 Å². The minimum absolute atomic E-state index is 0. The van der Waals surface area contributed by atoms with E-state index >= 15 is 0 Å². The monoisotopic (exact) mass is 331 g/mol. The van der Waals surface area contributed by atoms with Crippen molar-refractivity contribution >= 4 is 56.5 Å². The van der Waals surface area contributed by atoms with Gasteiger partial charge in [0.15, 0.2) is 0 Å². The van der Waals surface area contributed by atoms with E-state index in [1.54, 1.807) is 0 Å². The topological polar surface area (TPSA) is 26.0 Å². The molecule has 0 aliphatic carbocycles. The van der Waals surface area contributed by atoms with Crippen molar-refractivity contribution in [2.75, 3.05) is 0 Å². The van der Waals surface area contributed by atoms with Gasteiger partial charge in [-0.25, -0.2) is 0 Å². The molecular weight excluding hydrogens is 321 g/mol. The van der Waals surface area contributed by atoms with E-state index in [0.717, 1.165) is 0 Å². The van der Waals surface area contributed by atoms with E-state index < -0.39 is 0 Å². The summed E-state index contributed by atoms with van der Waals surface area (Å²) in [6, 6.07) is 0. The summed E-state index contributed by atoms with van der Waals surface area (Å²) in [7, 11) is 0. The molecule has 0 aromatic carbocycles. The first-order valence-electron chi connectivity index (χ1n) is 1.22. The Kier molecular flexibility index (Phi) is 35.3. The third kappa shape index (κ3) is 204. The molecule has 0 aliphatic heterocycles. The zero-order valence-electron chi connectivity index (χ0n) is 4.05. The maximum atomic E-state index is 4.71. The molecule has 0 unspecified atom stereocenters. The maximum absolute atomic E-state index is 4.71. The van der Waals surface area contributed by atoms with Crippen molar-refractivity contribution in [3.05, 3.63) is 13.2 Å². The fourth-order valence-corrected chi connectivity index (χ4v) is 0. The average molecular weight is 330 g/mol. The van der Waals surface area contributed by atoms with Gasteiger partial charge in [0.05, 0.1) is 0 Å². The summed E-state index contributed by atoms with van der Waals surface area (Å²) in [6.45, 7) is 6.00. The van der Waals surface area contributed by atoms with Crippen molar-refractivity contribution in [2.45, 2.75) is 0 Å². The Balaban J connectivity index is -0.0000000480. The van der Waals surface area contributed by atoms with Crippen molar-refractivity contribution in [3.8, 4) is 0 Å². The van der Waals surface area contributed by atoms with Crippen molar-refractivity contribution < 1.29 is 0 Å². The first-order valence-corrected chi connectivity index (χ1v) is 2.07. The van der Waals surface area contributed by atoms with Crippen molar-refractivity contribution in [1.29, 1.82) is 0 Å². The number of thiol groups is 1. The summed E-state index contributed by atoms with van der Waals surface area (Å²) in [5, 5.41) is 0. The molecule has 0 rings (SSSR count). The molecule has 4 heteroatoms. The molecule has 0 fully saturated rings. The van der Waals surface area contributed by atoms with Gasteiger partial charge in [0, 0.05) is 0 Å². The zero-order valence-corrected chi connectivity index (χ0v) is 11.3. The molecule has 0 spiro atoms. The Bertz CT molecular complexity index is 44.2. The summed E-state index contributed by atoms with van der Waals surface area (Å²) in [4.78, 5) is 0. The van der Waals surface area contributed by atoms with Crippen LogP contribution >= 0.6 is 24.8 Å². The SMILES string of the molecule is C=C.NC(=S)S.[PbH2]. The van der Waals surface area contributed by atoms with Gasteiger partial charge in [-0.3, -0.25) is 0 Å². The molecule has 0 aromatic heterocycles. The van der Waals surface area contributed by atoms with Gasteiger partial charge in [-0.05, 0) is 0 Å². The van der Waals surface area contributed by atoms with Crippen molar-refractivity contribution in [3.63, 3.8) is 0 Å². The fraction of sp³-hybridized carbons (Fsp3) is 0. The first kappa shape index (κ1) is 15.7. The number of hydrogen-bond donors (Lipinski definition) is 2. The van der Waals surface area contributed by atoms with Crippen LogP contribution in [0.3, 0.4) is 0 Å². The van der Waals surface area contributed by atoms with Crippen LogP contribution < -0.4 is 5.73 Å². The van der Waals surface area contributed by atoms with E-state index in [2.05, 4.69) is 38.0 Å². The average Bonchev–Trinajstić information content (AvgIpc) is 1.41. The van der Waals surface area contributed by atoms with Crippen molar-refractivity contribution in [2.24, 2.45) is 5.73 Å². The van der Waals surface area contributed by atoms with Gasteiger partial charge in [-0.15, -0.1) is 25.8 Å². The summed E-state index contributed by atoms with van der Waals surface area (Å²) >= 11 is 7.65. The third-order valence-electron chi connectivity index (χ3n) is 0. The molecule has 0 bridgehead atoms. The van der Waals surface area contributed by atoms with Crippen LogP contribution in [0.2, 0.25) is 0 Å². The van der Waals surface area contributed by atoms with Gasteiger partial charge in [0.1, 0.15) is 4.32 Å². The number of rotatable bonds is 0. The van der Waals surface area contributed by atoms with E-state index in [4.69, 9.17) is 5.73 Å². The zero-order chi connectivity index (χ0) is 5.58. The van der Waals surface area contributed by atoms with Crippen LogP contribution in [0.1, 0.15) is 0 Å². The third-order valence-corrected chi connectivity index (χ3v) is 0. The van der Waals surface area contributed by atoms with E-state index in [0.29, 0.717) is 0 Å². The summed E-state index contributed by atoms with van der Waals surface area (Å²) in [5.41, 5.74) is 4.71. The Labute approximate surface area is 74.9 Å². The Morgan fingerprint density at radius 2 is 1.57 bits per heavy atom. The van der Waals surface area contributed by atoms with Crippen LogP contribution in [0.4, 0.5) is 0 Å². The minimum atomic E-state index is 0. The van der Waals surface area contributed by atoms with Crippen LogP contribution in [0.15, 0.2) is 13.2 Å². The predicted molar refractivity (Wildman–Crippen MR) is 45.6 cm³/mol. The molecule has 2 N–H and O–H groups in total. The van der Waals surface area contributed by atoms with Crippen LogP contribution in [-0.2, 0) is 0 Å². The predicted octanol–water partition coefficient (Wildman–Crippen LogP) is 0.0458. The van der Waals surface area contributed by atoms with Crippen LogP contribution in [0.25, 0.3) is 0 Å². The second-order valence-electron chi connectivity index (χ2n) is 0.338. The second kappa shape index (κ2) is 15.8. The van der Waals surface area contributed by atoms with Gasteiger partial charge in [0.2, 0.25) is 0 Å². The molecule has 0 saturated heterocycles. The number of nitrogens with two attached hydrogens (primary N) is 1. The van der Waals surface area contributed by atoms with Crippen LogP contribution in [0, 0.1) is 0 Å². The molecule has 0 saturated carbocycles. The molecule has 0 amide bonds. The van der Waals surface area contributed by atoms with Gasteiger partial charge >= 0.3 is 27.3 Å². The molecule has 0 heterocycles. The Morgan fingerprint density at radius 1 is 1.57 bits per heavy atom. The number of thiocarbonyl (C=S) groups is 1. The Hall–Kier alpha value is 0.902. The van der Waals surface area contributed by atoms with Crippen LogP contribution in [-0.4, -0.2) is 31.6 Å². The fourth-order valence-electron chi connectivity index (χ4n) is 0. The molecule has 42 valence electrons. The Morgan fingerprint density at radius 3 is 1.57 bits per heavy atom. The van der Waals surface area contributed by atoms with E-state index in [1.807, 2.05) is 0 Å². The molecule has 0 aliphatic rings.